The second-order valence-corrected chi connectivity index (χ2v) is 3.19. The Morgan fingerprint density at radius 1 is 1.00 bits per heavy atom. The first-order valence-electron chi connectivity index (χ1n) is 3.65. The van der Waals surface area contributed by atoms with Gasteiger partial charge in [0.1, 0.15) is 0 Å². The van der Waals surface area contributed by atoms with Crippen LogP contribution in [0.5, 0.6) is 0 Å². The van der Waals surface area contributed by atoms with E-state index in [1.165, 1.54) is 25.7 Å². The summed E-state index contributed by atoms with van der Waals surface area (Å²) in [5.41, 5.74) is 0. The molecule has 0 spiro atoms. The number of rotatable bonds is 0. The molecule has 2 fully saturated rings. The van der Waals surface area contributed by atoms with Gasteiger partial charge in [-0.15, -0.1) is 0 Å². The van der Waals surface area contributed by atoms with E-state index >= 15 is 0 Å². The number of fused-ring (bicyclic) bond motifs is 1. The molecule has 3 atom stereocenters. The molecule has 2 rings (SSSR count). The van der Waals surface area contributed by atoms with Gasteiger partial charge in [-0.25, -0.2) is 0 Å². The largest absolute Gasteiger partial charge is 0.0713 e. The van der Waals surface area contributed by atoms with Crippen molar-refractivity contribution in [1.29, 1.82) is 0 Å². The lowest BCUT2D eigenvalue weighted by molar-refractivity contribution is 0.480. The van der Waals surface area contributed by atoms with E-state index in [9.17, 15) is 0 Å². The maximum absolute atomic E-state index is 5.77. The summed E-state index contributed by atoms with van der Waals surface area (Å²) < 4.78 is 0. The van der Waals surface area contributed by atoms with Crippen molar-refractivity contribution in [3.05, 3.63) is 0 Å². The smallest absolute Gasteiger partial charge is 0.0707 e. The fourth-order valence-corrected chi connectivity index (χ4v) is 2.05. The van der Waals surface area contributed by atoms with E-state index in [-0.39, 0.29) is 0 Å². The van der Waals surface area contributed by atoms with Crippen molar-refractivity contribution in [3.8, 4) is 0 Å². The van der Waals surface area contributed by atoms with Crippen LogP contribution < -0.4 is 0 Å². The first-order valence-corrected chi connectivity index (χ1v) is 3.65. The SMILES string of the molecule is [B]C1C2CCCC[C@@H]12. The molecular weight excluding hydrogens is 94.9 g/mol. The molecule has 0 aliphatic heterocycles. The van der Waals surface area contributed by atoms with Crippen molar-refractivity contribution in [2.75, 3.05) is 0 Å². The fraction of sp³-hybridized carbons (Fsp3) is 1.00. The van der Waals surface area contributed by atoms with E-state index in [1.54, 1.807) is 0 Å². The van der Waals surface area contributed by atoms with Gasteiger partial charge in [-0.05, 0) is 11.8 Å². The van der Waals surface area contributed by atoms with E-state index in [0.29, 0.717) is 5.82 Å². The zero-order valence-electron chi connectivity index (χ0n) is 5.14. The third-order valence-corrected chi connectivity index (χ3v) is 2.72. The average molecular weight is 106 g/mol. The van der Waals surface area contributed by atoms with Gasteiger partial charge in [0.25, 0.3) is 0 Å². The summed E-state index contributed by atoms with van der Waals surface area (Å²) >= 11 is 0. The van der Waals surface area contributed by atoms with Crippen molar-refractivity contribution >= 4 is 7.85 Å². The lowest BCUT2D eigenvalue weighted by atomic mass is 9.98. The minimum atomic E-state index is 0.609. The van der Waals surface area contributed by atoms with Crippen LogP contribution in [0.4, 0.5) is 0 Å². The molecular formula is C7H11B. The highest BCUT2D eigenvalue weighted by molar-refractivity contribution is 6.14. The standard InChI is InChI=1S/C7H11B/c8-7-5-3-1-2-4-6(5)7/h5-7H,1-4H2/t5-,6?,7?/m1/s1. The van der Waals surface area contributed by atoms with Gasteiger partial charge in [-0.3, -0.25) is 0 Å². The third-order valence-electron chi connectivity index (χ3n) is 2.72. The van der Waals surface area contributed by atoms with Crippen LogP contribution in [0.25, 0.3) is 0 Å². The Bertz CT molecular complexity index is 88.6. The molecule has 1 heteroatoms. The summed E-state index contributed by atoms with van der Waals surface area (Å²) in [5, 5.41) is 0. The summed E-state index contributed by atoms with van der Waals surface area (Å²) in [5.74, 6) is 2.50. The van der Waals surface area contributed by atoms with Crippen LogP contribution in [0.3, 0.4) is 0 Å². The predicted molar refractivity (Wildman–Crippen MR) is 35.0 cm³/mol. The molecule has 0 amide bonds. The molecule has 0 N–H and O–H groups in total. The summed E-state index contributed by atoms with van der Waals surface area (Å²) in [4.78, 5) is 0. The molecule has 2 saturated carbocycles. The van der Waals surface area contributed by atoms with Crippen LogP contribution in [0.2, 0.25) is 5.82 Å². The highest BCUT2D eigenvalue weighted by Crippen LogP contribution is 2.57. The maximum Gasteiger partial charge on any atom is 0.0707 e. The van der Waals surface area contributed by atoms with Gasteiger partial charge in [-0.2, -0.15) is 0 Å². The Kier molecular flexibility index (Phi) is 0.932. The Hall–Kier alpha value is 0.0649. The van der Waals surface area contributed by atoms with Gasteiger partial charge >= 0.3 is 0 Å². The van der Waals surface area contributed by atoms with Crippen LogP contribution in [0.1, 0.15) is 25.7 Å². The second kappa shape index (κ2) is 1.52. The van der Waals surface area contributed by atoms with E-state index in [1.807, 2.05) is 0 Å². The average Bonchev–Trinajstić information content (AvgIpc) is 2.46. The van der Waals surface area contributed by atoms with Gasteiger partial charge in [0.05, 0.1) is 7.85 Å². The molecule has 2 radical (unpaired) electrons. The molecule has 0 heterocycles. The Morgan fingerprint density at radius 2 is 1.50 bits per heavy atom. The monoisotopic (exact) mass is 106 g/mol. The zero-order chi connectivity index (χ0) is 5.56. The van der Waals surface area contributed by atoms with Gasteiger partial charge in [0.15, 0.2) is 0 Å². The van der Waals surface area contributed by atoms with Crippen LogP contribution >= 0.6 is 0 Å². The molecule has 2 unspecified atom stereocenters. The highest BCUT2D eigenvalue weighted by atomic mass is 14.5. The zero-order valence-corrected chi connectivity index (χ0v) is 5.14. The van der Waals surface area contributed by atoms with Crippen molar-refractivity contribution < 1.29 is 0 Å². The molecule has 0 aromatic rings. The lowest BCUT2D eigenvalue weighted by Gasteiger charge is -2.05. The fourth-order valence-electron chi connectivity index (χ4n) is 2.05. The predicted octanol–water partition coefficient (Wildman–Crippen LogP) is 1.76. The quantitative estimate of drug-likeness (QED) is 0.412. The molecule has 0 nitrogen and oxygen atoms in total. The topological polar surface area (TPSA) is 0 Å². The molecule has 0 bridgehead atoms. The minimum Gasteiger partial charge on any atom is -0.0713 e. The van der Waals surface area contributed by atoms with Crippen molar-refractivity contribution in [1.82, 2.24) is 0 Å². The first kappa shape index (κ1) is 4.90. The minimum absolute atomic E-state index is 0.609. The second-order valence-electron chi connectivity index (χ2n) is 3.19. The number of hydrogen-bond donors (Lipinski definition) is 0. The van der Waals surface area contributed by atoms with Gasteiger partial charge < -0.3 is 0 Å². The lowest BCUT2D eigenvalue weighted by Crippen LogP contribution is -1.91. The molecule has 0 aromatic carbocycles. The Labute approximate surface area is 52.1 Å². The Balaban J connectivity index is 1.97. The maximum atomic E-state index is 5.77. The summed E-state index contributed by atoms with van der Waals surface area (Å²) in [6, 6.07) is 0. The molecule has 2 aliphatic rings. The van der Waals surface area contributed by atoms with Crippen molar-refractivity contribution in [2.24, 2.45) is 11.8 Å². The van der Waals surface area contributed by atoms with Crippen LogP contribution in [0, 0.1) is 11.8 Å². The number of hydrogen-bond acceptors (Lipinski definition) is 0. The first-order chi connectivity index (χ1) is 3.89. The van der Waals surface area contributed by atoms with E-state index in [0.717, 1.165) is 11.8 Å². The van der Waals surface area contributed by atoms with Gasteiger partial charge in [0, 0.05) is 0 Å². The van der Waals surface area contributed by atoms with E-state index in [4.69, 9.17) is 7.85 Å². The molecule has 0 saturated heterocycles. The van der Waals surface area contributed by atoms with Gasteiger partial charge in [-0.1, -0.05) is 31.5 Å². The summed E-state index contributed by atoms with van der Waals surface area (Å²) in [7, 11) is 5.77. The summed E-state index contributed by atoms with van der Waals surface area (Å²) in [6.07, 6.45) is 5.72. The third kappa shape index (κ3) is 0.534. The molecule has 2 aliphatic carbocycles. The normalized spacial score (nSPS) is 52.8. The van der Waals surface area contributed by atoms with Crippen molar-refractivity contribution in [2.45, 2.75) is 31.5 Å². The highest BCUT2D eigenvalue weighted by Gasteiger charge is 2.45. The van der Waals surface area contributed by atoms with Gasteiger partial charge in [0.2, 0.25) is 0 Å². The van der Waals surface area contributed by atoms with Crippen LogP contribution in [0.15, 0.2) is 0 Å². The van der Waals surface area contributed by atoms with Crippen LogP contribution in [-0.4, -0.2) is 7.85 Å². The molecule has 42 valence electrons. The molecule has 8 heavy (non-hydrogen) atoms. The van der Waals surface area contributed by atoms with E-state index in [2.05, 4.69) is 0 Å². The molecule has 0 aromatic heterocycles. The van der Waals surface area contributed by atoms with E-state index < -0.39 is 0 Å². The summed E-state index contributed by atoms with van der Waals surface area (Å²) in [6.45, 7) is 0. The van der Waals surface area contributed by atoms with Crippen molar-refractivity contribution in [3.63, 3.8) is 0 Å². The van der Waals surface area contributed by atoms with Crippen LogP contribution in [-0.2, 0) is 0 Å². The Morgan fingerprint density at radius 3 is 1.88 bits per heavy atom.